The number of hydrogen-bond acceptors (Lipinski definition) is 1. The van der Waals surface area contributed by atoms with Crippen molar-refractivity contribution in [3.8, 4) is 0 Å². The van der Waals surface area contributed by atoms with Crippen LogP contribution >= 0.6 is 0 Å². The summed E-state index contributed by atoms with van der Waals surface area (Å²) in [6.45, 7) is 5.82. The maximum absolute atomic E-state index is 4.33. The number of unbranched alkanes of at least 4 members (excludes halogenated alkanes) is 1. The van der Waals surface area contributed by atoms with E-state index in [0.29, 0.717) is 0 Å². The zero-order valence-electron chi connectivity index (χ0n) is 8.74. The summed E-state index contributed by atoms with van der Waals surface area (Å²) >= 11 is 0. The lowest BCUT2D eigenvalue weighted by atomic mass is 10.1. The van der Waals surface area contributed by atoms with Crippen LogP contribution in [0.1, 0.15) is 25.3 Å². The minimum absolute atomic E-state index is 1.07. The van der Waals surface area contributed by atoms with Crippen LogP contribution in [-0.4, -0.2) is 6.21 Å². The van der Waals surface area contributed by atoms with Crippen LogP contribution in [0.3, 0.4) is 0 Å². The number of para-hydroxylation sites is 1. The third-order valence-corrected chi connectivity index (χ3v) is 2.11. The molecular formula is C13H17N. The number of hydrogen-bond donors (Lipinski definition) is 0. The molecule has 0 aliphatic carbocycles. The molecule has 1 aromatic rings. The maximum Gasteiger partial charge on any atom is 0.0661 e. The van der Waals surface area contributed by atoms with Crippen molar-refractivity contribution in [1.82, 2.24) is 0 Å². The molecule has 0 radical (unpaired) electrons. The molecule has 0 heterocycles. The molecule has 0 aliphatic rings. The molecule has 1 heteroatoms. The largest absolute Gasteiger partial charge is 0.257 e. The summed E-state index contributed by atoms with van der Waals surface area (Å²) in [5.74, 6) is 0. The van der Waals surface area contributed by atoms with Crippen LogP contribution in [0.2, 0.25) is 0 Å². The van der Waals surface area contributed by atoms with Crippen LogP contribution in [0.4, 0.5) is 5.69 Å². The lowest BCUT2D eigenvalue weighted by molar-refractivity contribution is 0.795. The molecule has 14 heavy (non-hydrogen) atoms. The van der Waals surface area contributed by atoms with Crippen LogP contribution < -0.4 is 0 Å². The van der Waals surface area contributed by atoms with Gasteiger partial charge in [-0.2, -0.15) is 0 Å². The molecule has 0 aliphatic heterocycles. The second-order valence-electron chi connectivity index (χ2n) is 3.25. The summed E-state index contributed by atoms with van der Waals surface area (Å²) in [6.07, 6.45) is 7.00. The Balaban J connectivity index is 2.79. The monoisotopic (exact) mass is 187 g/mol. The fourth-order valence-electron chi connectivity index (χ4n) is 1.35. The van der Waals surface area contributed by atoms with E-state index in [2.05, 4.69) is 30.6 Å². The SMILES string of the molecule is C=C/C=N\c1ccccc1CCCC. The van der Waals surface area contributed by atoms with Gasteiger partial charge in [-0.25, -0.2) is 0 Å². The first-order valence-electron chi connectivity index (χ1n) is 5.11. The van der Waals surface area contributed by atoms with Crippen LogP contribution in [0.5, 0.6) is 0 Å². The summed E-state index contributed by atoms with van der Waals surface area (Å²) in [5.41, 5.74) is 2.40. The number of aryl methyl sites for hydroxylation is 1. The topological polar surface area (TPSA) is 12.4 Å². The van der Waals surface area contributed by atoms with Gasteiger partial charge >= 0.3 is 0 Å². The minimum Gasteiger partial charge on any atom is -0.257 e. The van der Waals surface area contributed by atoms with Gasteiger partial charge in [0.2, 0.25) is 0 Å². The van der Waals surface area contributed by atoms with Crippen molar-refractivity contribution in [3.63, 3.8) is 0 Å². The average Bonchev–Trinajstić information content (AvgIpc) is 2.24. The Morgan fingerprint density at radius 2 is 2.14 bits per heavy atom. The number of aliphatic imine (C=N–C) groups is 1. The molecule has 0 fully saturated rings. The van der Waals surface area contributed by atoms with Gasteiger partial charge in [0, 0.05) is 6.21 Å². The standard InChI is InChI=1S/C13H17N/c1-3-5-8-12-9-6-7-10-13(12)14-11-4-2/h4,6-7,9-11H,2-3,5,8H2,1H3/b14-11-. The van der Waals surface area contributed by atoms with E-state index in [1.807, 2.05) is 12.1 Å². The van der Waals surface area contributed by atoms with Crippen molar-refractivity contribution >= 4 is 11.9 Å². The fourth-order valence-corrected chi connectivity index (χ4v) is 1.35. The zero-order valence-corrected chi connectivity index (χ0v) is 8.74. The van der Waals surface area contributed by atoms with E-state index in [1.165, 1.54) is 18.4 Å². The molecule has 1 nitrogen and oxygen atoms in total. The average molecular weight is 187 g/mol. The molecule has 74 valence electrons. The van der Waals surface area contributed by atoms with E-state index in [9.17, 15) is 0 Å². The minimum atomic E-state index is 1.07. The Kier molecular flexibility index (Phi) is 4.70. The van der Waals surface area contributed by atoms with Gasteiger partial charge in [-0.1, -0.05) is 44.2 Å². The lowest BCUT2D eigenvalue weighted by Gasteiger charge is -2.03. The molecule has 0 saturated carbocycles. The smallest absolute Gasteiger partial charge is 0.0661 e. The Morgan fingerprint density at radius 3 is 2.86 bits per heavy atom. The highest BCUT2D eigenvalue weighted by atomic mass is 14.7. The van der Waals surface area contributed by atoms with E-state index < -0.39 is 0 Å². The highest BCUT2D eigenvalue weighted by Crippen LogP contribution is 2.20. The zero-order chi connectivity index (χ0) is 10.2. The molecule has 0 atom stereocenters. The molecule has 0 unspecified atom stereocenters. The first kappa shape index (κ1) is 10.7. The molecule has 0 amide bonds. The number of nitrogens with zero attached hydrogens (tertiary/aromatic N) is 1. The van der Waals surface area contributed by atoms with E-state index >= 15 is 0 Å². The van der Waals surface area contributed by atoms with Gasteiger partial charge in [-0.3, -0.25) is 4.99 Å². The second-order valence-corrected chi connectivity index (χ2v) is 3.25. The second kappa shape index (κ2) is 6.14. The van der Waals surface area contributed by atoms with Crippen molar-refractivity contribution in [1.29, 1.82) is 0 Å². The van der Waals surface area contributed by atoms with Gasteiger partial charge in [0.05, 0.1) is 5.69 Å². The Hall–Kier alpha value is -1.37. The van der Waals surface area contributed by atoms with Crippen LogP contribution in [0.15, 0.2) is 41.9 Å². The first-order chi connectivity index (χ1) is 6.88. The Morgan fingerprint density at radius 1 is 1.36 bits per heavy atom. The third-order valence-electron chi connectivity index (χ3n) is 2.11. The van der Waals surface area contributed by atoms with Crippen molar-refractivity contribution in [2.24, 2.45) is 4.99 Å². The van der Waals surface area contributed by atoms with Gasteiger partial charge in [0.25, 0.3) is 0 Å². The van der Waals surface area contributed by atoms with Gasteiger partial charge in [-0.05, 0) is 24.5 Å². The van der Waals surface area contributed by atoms with Crippen molar-refractivity contribution in [2.75, 3.05) is 0 Å². The molecule has 0 spiro atoms. The highest BCUT2D eigenvalue weighted by Gasteiger charge is 1.97. The van der Waals surface area contributed by atoms with Crippen LogP contribution in [0.25, 0.3) is 0 Å². The normalized spacial score (nSPS) is 10.6. The van der Waals surface area contributed by atoms with E-state index in [0.717, 1.165) is 12.1 Å². The number of benzene rings is 1. The van der Waals surface area contributed by atoms with E-state index in [4.69, 9.17) is 0 Å². The van der Waals surface area contributed by atoms with E-state index in [1.54, 1.807) is 12.3 Å². The predicted octanol–water partition coefficient (Wildman–Crippen LogP) is 3.92. The molecule has 0 bridgehead atoms. The molecular weight excluding hydrogens is 170 g/mol. The van der Waals surface area contributed by atoms with Crippen LogP contribution in [-0.2, 0) is 6.42 Å². The summed E-state index contributed by atoms with van der Waals surface area (Å²) in [5, 5.41) is 0. The summed E-state index contributed by atoms with van der Waals surface area (Å²) in [6, 6.07) is 8.28. The fraction of sp³-hybridized carbons (Fsp3) is 0.308. The molecule has 0 saturated heterocycles. The molecule has 1 rings (SSSR count). The predicted molar refractivity (Wildman–Crippen MR) is 63.4 cm³/mol. The number of rotatable bonds is 5. The number of allylic oxidation sites excluding steroid dienone is 1. The maximum atomic E-state index is 4.33. The van der Waals surface area contributed by atoms with Crippen molar-refractivity contribution in [2.45, 2.75) is 26.2 Å². The summed E-state index contributed by atoms with van der Waals surface area (Å²) < 4.78 is 0. The highest BCUT2D eigenvalue weighted by molar-refractivity contribution is 5.74. The molecule has 0 N–H and O–H groups in total. The summed E-state index contributed by atoms with van der Waals surface area (Å²) in [7, 11) is 0. The van der Waals surface area contributed by atoms with Gasteiger partial charge < -0.3 is 0 Å². The van der Waals surface area contributed by atoms with Crippen LogP contribution in [0, 0.1) is 0 Å². The Labute approximate surface area is 86.2 Å². The van der Waals surface area contributed by atoms with Crippen molar-refractivity contribution < 1.29 is 0 Å². The van der Waals surface area contributed by atoms with Crippen molar-refractivity contribution in [3.05, 3.63) is 42.5 Å². The third kappa shape index (κ3) is 3.17. The first-order valence-corrected chi connectivity index (χ1v) is 5.11. The summed E-state index contributed by atoms with van der Waals surface area (Å²) in [4.78, 5) is 4.33. The lowest BCUT2D eigenvalue weighted by Crippen LogP contribution is -1.85. The van der Waals surface area contributed by atoms with Gasteiger partial charge in [0.15, 0.2) is 0 Å². The Bertz CT molecular complexity index is 313. The van der Waals surface area contributed by atoms with Gasteiger partial charge in [-0.15, -0.1) is 0 Å². The molecule has 1 aromatic carbocycles. The van der Waals surface area contributed by atoms with E-state index in [-0.39, 0.29) is 0 Å². The van der Waals surface area contributed by atoms with Gasteiger partial charge in [0.1, 0.15) is 0 Å². The quantitative estimate of drug-likeness (QED) is 0.619. The molecule has 0 aromatic heterocycles.